The molecule has 2 aromatic heterocycles. The molecule has 2 heterocycles. The molecule has 2 aromatic rings. The van der Waals surface area contributed by atoms with Crippen LogP contribution >= 0.6 is 0 Å². The highest BCUT2D eigenvalue weighted by atomic mass is 16.5. The fourth-order valence-corrected chi connectivity index (χ4v) is 2.10. The van der Waals surface area contributed by atoms with E-state index in [0.29, 0.717) is 36.5 Å². The second-order valence-corrected chi connectivity index (χ2v) is 5.14. The fourth-order valence-electron chi connectivity index (χ4n) is 2.10. The highest BCUT2D eigenvalue weighted by Gasteiger charge is 2.13. The van der Waals surface area contributed by atoms with E-state index in [-0.39, 0.29) is 24.0 Å². The minimum atomic E-state index is -0.285. The molecule has 0 aliphatic heterocycles. The lowest BCUT2D eigenvalue weighted by atomic mass is 10.1. The summed E-state index contributed by atoms with van der Waals surface area (Å²) in [6, 6.07) is 1.67. The van der Waals surface area contributed by atoms with Gasteiger partial charge < -0.3 is 26.3 Å². The number of fused-ring (bicyclic) bond motifs is 1. The van der Waals surface area contributed by atoms with Gasteiger partial charge in [0.1, 0.15) is 5.52 Å². The normalized spacial score (nSPS) is 13.0. The smallest absolute Gasteiger partial charge is 0.326 e. The summed E-state index contributed by atoms with van der Waals surface area (Å²) in [5.41, 5.74) is 12.0. The maximum atomic E-state index is 11.9. The number of hydrogen-bond acceptors (Lipinski definition) is 6. The molecule has 0 amide bonds. The number of aliphatic hydroxyl groups excluding tert-OH is 1. The largest absolute Gasteiger partial charge is 0.477 e. The third-order valence-electron chi connectivity index (χ3n) is 3.33. The van der Waals surface area contributed by atoms with E-state index in [1.54, 1.807) is 12.1 Å². The first kappa shape index (κ1) is 15.9. The number of rotatable bonds is 7. The number of nitrogens with one attached hydrogen (secondary N) is 1. The van der Waals surface area contributed by atoms with Crippen LogP contribution in [0, 0.1) is 5.92 Å². The molecule has 22 heavy (non-hydrogen) atoms. The van der Waals surface area contributed by atoms with Gasteiger partial charge in [0.05, 0.1) is 12.1 Å². The molecule has 0 spiro atoms. The molecule has 8 nitrogen and oxygen atoms in total. The first-order valence-corrected chi connectivity index (χ1v) is 7.06. The van der Waals surface area contributed by atoms with E-state index in [2.05, 4.69) is 9.97 Å². The quantitative estimate of drug-likeness (QED) is 0.576. The molecule has 8 heteroatoms. The van der Waals surface area contributed by atoms with Gasteiger partial charge in [-0.25, -0.2) is 4.79 Å². The molecule has 6 N–H and O–H groups in total. The van der Waals surface area contributed by atoms with E-state index in [0.717, 1.165) is 0 Å². The molecule has 0 radical (unpaired) electrons. The molecular weight excluding hydrogens is 286 g/mol. The minimum absolute atomic E-state index is 0.113. The molecule has 0 saturated heterocycles. The Kier molecular flexibility index (Phi) is 5.05. The highest BCUT2D eigenvalue weighted by Crippen LogP contribution is 2.22. The van der Waals surface area contributed by atoms with Gasteiger partial charge in [0.25, 0.3) is 0 Å². The topological polar surface area (TPSA) is 132 Å². The van der Waals surface area contributed by atoms with Gasteiger partial charge >= 0.3 is 5.69 Å². The molecule has 0 aliphatic rings. The van der Waals surface area contributed by atoms with E-state index in [4.69, 9.17) is 21.3 Å². The van der Waals surface area contributed by atoms with Gasteiger partial charge in [-0.2, -0.15) is 4.98 Å². The number of ether oxygens (including phenoxy) is 1. The maximum absolute atomic E-state index is 11.9. The second-order valence-electron chi connectivity index (χ2n) is 5.14. The number of aromatic amines is 1. The average molecular weight is 307 g/mol. The number of nitrogens with zero attached hydrogens (tertiary/aromatic N) is 2. The summed E-state index contributed by atoms with van der Waals surface area (Å²) >= 11 is 0. The van der Waals surface area contributed by atoms with Crippen molar-refractivity contribution in [2.45, 2.75) is 19.9 Å². The molecular formula is C14H21N5O3. The number of pyridine rings is 1. The number of nitrogen functional groups attached to an aromatic ring is 1. The first-order chi connectivity index (χ1) is 10.6. The van der Waals surface area contributed by atoms with Crippen LogP contribution < -0.4 is 21.9 Å². The molecule has 2 rings (SSSR count). The molecule has 0 aliphatic carbocycles. The summed E-state index contributed by atoms with van der Waals surface area (Å²) in [6.45, 7) is 2.83. The van der Waals surface area contributed by atoms with Crippen LogP contribution in [0.15, 0.2) is 23.1 Å². The van der Waals surface area contributed by atoms with E-state index in [1.165, 1.54) is 10.8 Å². The Morgan fingerprint density at radius 2 is 2.36 bits per heavy atom. The maximum Gasteiger partial charge on any atom is 0.326 e. The summed E-state index contributed by atoms with van der Waals surface area (Å²) in [5, 5.41) is 8.89. The zero-order valence-electron chi connectivity index (χ0n) is 12.5. The Bertz CT molecular complexity index is 719. The minimum Gasteiger partial charge on any atom is -0.477 e. The zero-order chi connectivity index (χ0) is 16.1. The van der Waals surface area contributed by atoms with Crippen LogP contribution in [0.5, 0.6) is 5.88 Å². The molecule has 120 valence electrons. The van der Waals surface area contributed by atoms with E-state index >= 15 is 0 Å². The Balaban J connectivity index is 2.31. The number of imidazole rings is 1. The standard InChI is InChI=1S/C14H21N5O3/c1-9(3-6-20)8-22-11-7-10-12(13(16)17-11)18-14(21)19(10)5-2-4-15/h2,4,7,9,20H,3,5-6,8,15H2,1H3,(H2,16,17)(H,18,21)/b4-2+. The number of hydrogen-bond donors (Lipinski definition) is 4. The summed E-state index contributed by atoms with van der Waals surface area (Å²) in [4.78, 5) is 18.7. The van der Waals surface area contributed by atoms with Crippen molar-refractivity contribution < 1.29 is 9.84 Å². The molecule has 0 fully saturated rings. The lowest BCUT2D eigenvalue weighted by molar-refractivity contribution is 0.204. The third kappa shape index (κ3) is 3.40. The monoisotopic (exact) mass is 307 g/mol. The van der Waals surface area contributed by atoms with Crippen LogP contribution in [-0.2, 0) is 6.54 Å². The first-order valence-electron chi connectivity index (χ1n) is 7.06. The van der Waals surface area contributed by atoms with Gasteiger partial charge in [-0.1, -0.05) is 6.92 Å². The second kappa shape index (κ2) is 6.99. The summed E-state index contributed by atoms with van der Waals surface area (Å²) in [7, 11) is 0. The number of nitrogens with two attached hydrogens (primary N) is 2. The number of aliphatic hydroxyl groups is 1. The Labute approximate surface area is 127 Å². The van der Waals surface area contributed by atoms with Crippen LogP contribution in [0.3, 0.4) is 0 Å². The van der Waals surface area contributed by atoms with Crippen molar-refractivity contribution in [3.8, 4) is 5.88 Å². The lowest BCUT2D eigenvalue weighted by Gasteiger charge is -2.11. The van der Waals surface area contributed by atoms with Gasteiger partial charge in [0.2, 0.25) is 5.88 Å². The van der Waals surface area contributed by atoms with Gasteiger partial charge in [-0.3, -0.25) is 4.57 Å². The van der Waals surface area contributed by atoms with Crippen LogP contribution in [0.25, 0.3) is 11.0 Å². The summed E-state index contributed by atoms with van der Waals surface area (Å²) in [6.07, 6.45) is 3.69. The molecule has 0 aromatic carbocycles. The zero-order valence-corrected chi connectivity index (χ0v) is 12.5. The van der Waals surface area contributed by atoms with Crippen LogP contribution in [0.1, 0.15) is 13.3 Å². The van der Waals surface area contributed by atoms with E-state index in [9.17, 15) is 4.79 Å². The van der Waals surface area contributed by atoms with Gasteiger partial charge in [0.15, 0.2) is 5.82 Å². The van der Waals surface area contributed by atoms with E-state index < -0.39 is 0 Å². The highest BCUT2D eigenvalue weighted by molar-refractivity contribution is 5.85. The summed E-state index contributed by atoms with van der Waals surface area (Å²) < 4.78 is 7.10. The van der Waals surface area contributed by atoms with Gasteiger partial charge in [-0.05, 0) is 24.6 Å². The van der Waals surface area contributed by atoms with E-state index in [1.807, 2.05) is 6.92 Å². The summed E-state index contributed by atoms with van der Waals surface area (Å²) in [5.74, 6) is 0.742. The average Bonchev–Trinajstić information content (AvgIpc) is 2.80. The molecule has 1 unspecified atom stereocenters. The lowest BCUT2D eigenvalue weighted by Crippen LogP contribution is -2.16. The van der Waals surface area contributed by atoms with Crippen LogP contribution in [0.4, 0.5) is 5.82 Å². The Morgan fingerprint density at radius 1 is 1.59 bits per heavy atom. The van der Waals surface area contributed by atoms with Gasteiger partial charge in [-0.15, -0.1) is 0 Å². The van der Waals surface area contributed by atoms with Crippen molar-refractivity contribution in [3.63, 3.8) is 0 Å². The third-order valence-corrected chi connectivity index (χ3v) is 3.33. The Morgan fingerprint density at radius 3 is 3.05 bits per heavy atom. The van der Waals surface area contributed by atoms with Crippen LogP contribution in [-0.4, -0.2) is 32.9 Å². The van der Waals surface area contributed by atoms with Crippen molar-refractivity contribution >= 4 is 16.9 Å². The number of allylic oxidation sites excluding steroid dienone is 1. The number of anilines is 1. The predicted octanol–water partition coefficient (Wildman–Crippen LogP) is 0.177. The SMILES string of the molecule is CC(CCO)COc1cc2c([nH]c(=O)n2C/C=C/N)c(N)n1. The molecule has 0 bridgehead atoms. The van der Waals surface area contributed by atoms with Crippen molar-refractivity contribution in [2.24, 2.45) is 11.7 Å². The van der Waals surface area contributed by atoms with Gasteiger partial charge in [0, 0.05) is 19.2 Å². The fraction of sp³-hybridized carbons (Fsp3) is 0.429. The van der Waals surface area contributed by atoms with Crippen molar-refractivity contribution in [1.82, 2.24) is 14.5 Å². The molecule has 0 saturated carbocycles. The Hall–Kier alpha value is -2.48. The molecule has 1 atom stereocenters. The predicted molar refractivity (Wildman–Crippen MR) is 84.5 cm³/mol. The van der Waals surface area contributed by atoms with Crippen molar-refractivity contribution in [3.05, 3.63) is 28.8 Å². The van der Waals surface area contributed by atoms with Crippen molar-refractivity contribution in [1.29, 1.82) is 0 Å². The van der Waals surface area contributed by atoms with Crippen molar-refractivity contribution in [2.75, 3.05) is 18.9 Å². The number of H-pyrrole nitrogens is 1. The number of aromatic nitrogens is 3. The van der Waals surface area contributed by atoms with Crippen LogP contribution in [0.2, 0.25) is 0 Å².